The van der Waals surface area contributed by atoms with Crippen molar-refractivity contribution in [3.8, 4) is 0 Å². The number of hydrogen-bond acceptors (Lipinski definition) is 3. The van der Waals surface area contributed by atoms with Gasteiger partial charge in [-0.3, -0.25) is 9.69 Å². The molecule has 1 saturated heterocycles. The average Bonchev–Trinajstić information content (AvgIpc) is 3.00. The molecule has 6 nitrogen and oxygen atoms in total. The average molecular weight is 467 g/mol. The van der Waals surface area contributed by atoms with Crippen LogP contribution in [-0.4, -0.2) is 40.5 Å². The number of alkyl halides is 3. The monoisotopic (exact) mass is 466 g/mol. The summed E-state index contributed by atoms with van der Waals surface area (Å²) in [5.41, 5.74) is -0.726. The summed E-state index contributed by atoms with van der Waals surface area (Å²) in [4.78, 5) is 33.2. The number of nitrogens with one attached hydrogen (secondary N) is 1. The van der Waals surface area contributed by atoms with Crippen molar-refractivity contribution in [1.82, 2.24) is 9.88 Å². The largest absolute Gasteiger partial charge is 0.416 e. The van der Waals surface area contributed by atoms with Crippen molar-refractivity contribution < 1.29 is 22.8 Å². The number of rotatable bonds is 4. The Hall–Kier alpha value is -2.81. The van der Waals surface area contributed by atoms with Gasteiger partial charge < -0.3 is 10.2 Å². The third kappa shape index (κ3) is 4.53. The predicted octanol–water partition coefficient (Wildman–Crippen LogP) is 5.34. The Labute approximate surface area is 188 Å². The van der Waals surface area contributed by atoms with Gasteiger partial charge in [0.1, 0.15) is 11.7 Å². The van der Waals surface area contributed by atoms with E-state index in [9.17, 15) is 22.8 Å². The molecule has 1 aliphatic heterocycles. The Morgan fingerprint density at radius 1 is 1.16 bits per heavy atom. The van der Waals surface area contributed by atoms with Gasteiger partial charge >= 0.3 is 12.2 Å². The first-order valence-corrected chi connectivity index (χ1v) is 10.7. The molecule has 1 N–H and O–H groups in total. The van der Waals surface area contributed by atoms with E-state index >= 15 is 0 Å². The number of amides is 3. The summed E-state index contributed by atoms with van der Waals surface area (Å²) in [5, 5.41) is 2.82. The van der Waals surface area contributed by atoms with Crippen LogP contribution in [-0.2, 0) is 11.0 Å². The molecule has 2 fully saturated rings. The van der Waals surface area contributed by atoms with E-state index in [0.29, 0.717) is 17.4 Å². The number of aromatic nitrogens is 1. The smallest absolute Gasteiger partial charge is 0.325 e. The minimum atomic E-state index is -4.51. The molecule has 0 atom stereocenters. The molecule has 10 heteroatoms. The summed E-state index contributed by atoms with van der Waals surface area (Å²) in [6, 6.07) is 7.42. The number of hydrogen-bond donors (Lipinski definition) is 1. The number of benzene rings is 1. The van der Waals surface area contributed by atoms with E-state index in [4.69, 9.17) is 11.6 Å². The van der Waals surface area contributed by atoms with Gasteiger partial charge in [0, 0.05) is 5.69 Å². The van der Waals surface area contributed by atoms with Crippen molar-refractivity contribution in [3.63, 3.8) is 0 Å². The van der Waals surface area contributed by atoms with E-state index in [2.05, 4.69) is 10.3 Å². The standard InChI is InChI=1S/C22H22ClF3N4O2/c23-18-8-7-17(12-27-18)29-14-21(9-2-1-3-10-21)30(20(29)32)13-19(31)28-16-6-4-5-15(11-16)22(24,25)26/h4-8,11-12H,1-3,9-10,13-14H2,(H,28,31). The molecular formula is C22H22ClF3N4O2. The maximum Gasteiger partial charge on any atom is 0.416 e. The fourth-order valence-corrected chi connectivity index (χ4v) is 4.63. The highest BCUT2D eigenvalue weighted by atomic mass is 35.5. The SMILES string of the molecule is O=C(CN1C(=O)N(c2ccc(Cl)nc2)CC12CCCCC2)Nc1cccc(C(F)(F)F)c1. The number of halogens is 4. The third-order valence-corrected chi connectivity index (χ3v) is 6.29. The van der Waals surface area contributed by atoms with E-state index in [1.165, 1.54) is 18.3 Å². The van der Waals surface area contributed by atoms with Gasteiger partial charge in [-0.1, -0.05) is 36.9 Å². The minimum absolute atomic E-state index is 0.0351. The van der Waals surface area contributed by atoms with Crippen LogP contribution in [0, 0.1) is 0 Å². The van der Waals surface area contributed by atoms with Crippen molar-refractivity contribution in [3.05, 3.63) is 53.3 Å². The van der Waals surface area contributed by atoms with Crippen LogP contribution in [0.5, 0.6) is 0 Å². The van der Waals surface area contributed by atoms with Crippen LogP contribution in [0.15, 0.2) is 42.6 Å². The van der Waals surface area contributed by atoms with Crippen LogP contribution in [0.1, 0.15) is 37.7 Å². The molecule has 0 bridgehead atoms. The first-order chi connectivity index (χ1) is 15.2. The van der Waals surface area contributed by atoms with Crippen LogP contribution in [0.3, 0.4) is 0 Å². The number of carbonyl (C=O) groups excluding carboxylic acids is 2. The van der Waals surface area contributed by atoms with Gasteiger partial charge in [0.05, 0.1) is 29.5 Å². The van der Waals surface area contributed by atoms with Gasteiger partial charge in [0.15, 0.2) is 0 Å². The zero-order valence-electron chi connectivity index (χ0n) is 17.2. The minimum Gasteiger partial charge on any atom is -0.325 e. The number of pyridine rings is 1. The van der Waals surface area contributed by atoms with E-state index in [1.54, 1.807) is 21.9 Å². The molecule has 2 aromatic rings. The first-order valence-electron chi connectivity index (χ1n) is 10.4. The van der Waals surface area contributed by atoms with Gasteiger partial charge in [0.2, 0.25) is 5.91 Å². The van der Waals surface area contributed by atoms with E-state index < -0.39 is 23.2 Å². The van der Waals surface area contributed by atoms with Gasteiger partial charge in [-0.25, -0.2) is 9.78 Å². The second-order valence-electron chi connectivity index (χ2n) is 8.21. The van der Waals surface area contributed by atoms with Crippen molar-refractivity contribution in [2.45, 2.75) is 43.8 Å². The summed E-state index contributed by atoms with van der Waals surface area (Å²) >= 11 is 5.86. The van der Waals surface area contributed by atoms with E-state index in [1.807, 2.05) is 0 Å². The summed E-state index contributed by atoms with van der Waals surface area (Å²) in [5.74, 6) is -0.543. The maximum absolute atomic E-state index is 13.3. The molecule has 32 heavy (non-hydrogen) atoms. The Morgan fingerprint density at radius 3 is 2.56 bits per heavy atom. The predicted molar refractivity (Wildman–Crippen MR) is 115 cm³/mol. The summed E-state index contributed by atoms with van der Waals surface area (Å²) in [6.45, 7) is 0.179. The van der Waals surface area contributed by atoms with E-state index in [0.717, 1.165) is 44.2 Å². The lowest BCUT2D eigenvalue weighted by molar-refractivity contribution is -0.137. The molecule has 4 rings (SSSR count). The highest BCUT2D eigenvalue weighted by Gasteiger charge is 2.50. The van der Waals surface area contributed by atoms with Crippen LogP contribution < -0.4 is 10.2 Å². The van der Waals surface area contributed by atoms with Crippen molar-refractivity contribution in [2.24, 2.45) is 0 Å². The number of carbonyl (C=O) groups is 2. The number of nitrogens with zero attached hydrogens (tertiary/aromatic N) is 3. The molecule has 3 amide bonds. The lowest BCUT2D eigenvalue weighted by Gasteiger charge is -2.39. The topological polar surface area (TPSA) is 65.5 Å². The van der Waals surface area contributed by atoms with Gasteiger partial charge in [-0.05, 0) is 43.2 Å². The quantitative estimate of drug-likeness (QED) is 0.619. The third-order valence-electron chi connectivity index (χ3n) is 6.07. The first kappa shape index (κ1) is 22.4. The molecular weight excluding hydrogens is 445 g/mol. The molecule has 0 radical (unpaired) electrons. The molecule has 1 aromatic heterocycles. The molecule has 1 saturated carbocycles. The zero-order chi connectivity index (χ0) is 22.9. The van der Waals surface area contributed by atoms with Crippen LogP contribution in [0.4, 0.5) is 29.3 Å². The second-order valence-corrected chi connectivity index (χ2v) is 8.59. The fourth-order valence-electron chi connectivity index (χ4n) is 4.52. The Morgan fingerprint density at radius 2 is 1.91 bits per heavy atom. The molecule has 2 heterocycles. The lowest BCUT2D eigenvalue weighted by atomic mass is 9.81. The second kappa shape index (κ2) is 8.61. The zero-order valence-corrected chi connectivity index (χ0v) is 17.9. The van der Waals surface area contributed by atoms with Crippen LogP contribution >= 0.6 is 11.6 Å². The normalized spacial score (nSPS) is 18.3. The molecule has 170 valence electrons. The Kier molecular flexibility index (Phi) is 6.03. The highest BCUT2D eigenvalue weighted by Crippen LogP contribution is 2.41. The van der Waals surface area contributed by atoms with Gasteiger partial charge in [-0.2, -0.15) is 13.2 Å². The van der Waals surface area contributed by atoms with Crippen molar-refractivity contribution >= 4 is 34.9 Å². The number of anilines is 2. The Balaban J connectivity index is 1.54. The van der Waals surface area contributed by atoms with Crippen molar-refractivity contribution in [2.75, 3.05) is 23.3 Å². The summed E-state index contributed by atoms with van der Waals surface area (Å²) in [7, 11) is 0. The Bertz CT molecular complexity index is 1010. The molecule has 0 unspecified atom stereocenters. The fraction of sp³-hybridized carbons (Fsp3) is 0.409. The van der Waals surface area contributed by atoms with Crippen molar-refractivity contribution in [1.29, 1.82) is 0 Å². The summed E-state index contributed by atoms with van der Waals surface area (Å²) < 4.78 is 38.9. The molecule has 1 aliphatic carbocycles. The molecule has 1 aromatic carbocycles. The maximum atomic E-state index is 13.3. The van der Waals surface area contributed by atoms with Gasteiger partial charge in [0.25, 0.3) is 0 Å². The molecule has 1 spiro atoms. The van der Waals surface area contributed by atoms with E-state index in [-0.39, 0.29) is 18.3 Å². The summed E-state index contributed by atoms with van der Waals surface area (Å²) in [6.07, 6.45) is 1.45. The van der Waals surface area contributed by atoms with Gasteiger partial charge in [-0.15, -0.1) is 0 Å². The lowest BCUT2D eigenvalue weighted by Crippen LogP contribution is -2.51. The van der Waals surface area contributed by atoms with Crippen LogP contribution in [0.25, 0.3) is 0 Å². The highest BCUT2D eigenvalue weighted by molar-refractivity contribution is 6.29. The molecule has 2 aliphatic rings. The van der Waals surface area contributed by atoms with Crippen LogP contribution in [0.2, 0.25) is 5.15 Å². The number of urea groups is 1.